The molecule has 1 aliphatic heterocycles. The van der Waals surface area contributed by atoms with E-state index in [0.717, 1.165) is 24.1 Å². The summed E-state index contributed by atoms with van der Waals surface area (Å²) in [5, 5.41) is 3.16. The zero-order chi connectivity index (χ0) is 17.4. The van der Waals surface area contributed by atoms with E-state index in [1.807, 2.05) is 12.1 Å². The minimum absolute atomic E-state index is 0.0465. The van der Waals surface area contributed by atoms with E-state index < -0.39 is 6.03 Å². The Labute approximate surface area is 145 Å². The predicted octanol–water partition coefficient (Wildman–Crippen LogP) is 2.12. The first-order valence-electron chi connectivity index (χ1n) is 8.94. The van der Waals surface area contributed by atoms with Gasteiger partial charge >= 0.3 is 6.03 Å². The van der Waals surface area contributed by atoms with Crippen LogP contribution in [0.1, 0.15) is 49.3 Å². The van der Waals surface area contributed by atoms with Crippen LogP contribution in [-0.2, 0) is 6.54 Å². The van der Waals surface area contributed by atoms with Crippen LogP contribution >= 0.6 is 0 Å². The Kier molecular flexibility index (Phi) is 4.07. The summed E-state index contributed by atoms with van der Waals surface area (Å²) in [5.74, 6) is 1.04. The van der Waals surface area contributed by atoms with E-state index in [9.17, 15) is 9.59 Å². The van der Waals surface area contributed by atoms with Crippen molar-refractivity contribution in [2.75, 3.05) is 6.54 Å². The second-order valence-electron chi connectivity index (χ2n) is 7.06. The molecule has 0 bridgehead atoms. The Morgan fingerprint density at radius 2 is 2.04 bits per heavy atom. The van der Waals surface area contributed by atoms with Gasteiger partial charge in [0, 0.05) is 24.2 Å². The summed E-state index contributed by atoms with van der Waals surface area (Å²) in [6.07, 6.45) is 7.49. The van der Waals surface area contributed by atoms with Crippen LogP contribution in [0.4, 0.5) is 4.79 Å². The zero-order valence-corrected chi connectivity index (χ0v) is 14.1. The van der Waals surface area contributed by atoms with Gasteiger partial charge in [-0.2, -0.15) is 0 Å². The van der Waals surface area contributed by atoms with Gasteiger partial charge < -0.3 is 10.6 Å². The van der Waals surface area contributed by atoms with Crippen molar-refractivity contribution in [2.45, 2.75) is 44.6 Å². The first-order chi connectivity index (χ1) is 12.1. The number of carbonyl (C=O) groups is 1. The van der Waals surface area contributed by atoms with Gasteiger partial charge in [0.1, 0.15) is 0 Å². The number of nitrogens with one attached hydrogen (secondary N) is 1. The number of rotatable bonds is 2. The van der Waals surface area contributed by atoms with Gasteiger partial charge in [0.2, 0.25) is 0 Å². The topological polar surface area (TPSA) is 97.0 Å². The molecule has 0 saturated heterocycles. The number of hydrogen-bond acceptors (Lipinski definition) is 3. The summed E-state index contributed by atoms with van der Waals surface area (Å²) in [6, 6.07) is 5.03. The third-order valence-corrected chi connectivity index (χ3v) is 5.55. The number of nitrogens with zero attached hydrogens (tertiary/aromatic N) is 3. The van der Waals surface area contributed by atoms with Crippen LogP contribution in [0.2, 0.25) is 0 Å². The molecule has 25 heavy (non-hydrogen) atoms. The Hall–Kier alpha value is -2.57. The third kappa shape index (κ3) is 2.83. The number of pyridine rings is 1. The Morgan fingerprint density at radius 1 is 1.24 bits per heavy atom. The number of hydrogen-bond donors (Lipinski definition) is 2. The molecule has 3 heterocycles. The van der Waals surface area contributed by atoms with Crippen molar-refractivity contribution in [1.29, 1.82) is 0 Å². The summed E-state index contributed by atoms with van der Waals surface area (Å²) >= 11 is 0. The molecule has 2 amide bonds. The number of H-pyrrole nitrogens is 1. The maximum absolute atomic E-state index is 13.1. The quantitative estimate of drug-likeness (QED) is 0.875. The van der Waals surface area contributed by atoms with Crippen molar-refractivity contribution in [3.8, 4) is 5.82 Å². The van der Waals surface area contributed by atoms with Gasteiger partial charge in [-0.05, 0) is 30.9 Å². The molecule has 1 saturated carbocycles. The van der Waals surface area contributed by atoms with Crippen LogP contribution in [0.5, 0.6) is 0 Å². The fraction of sp³-hybridized carbons (Fsp3) is 0.500. The van der Waals surface area contributed by atoms with Crippen molar-refractivity contribution in [3.05, 3.63) is 46.0 Å². The average Bonchev–Trinajstić information content (AvgIpc) is 2.99. The molecule has 2 aromatic heterocycles. The summed E-state index contributed by atoms with van der Waals surface area (Å²) in [6.45, 7) is 0.880. The van der Waals surface area contributed by atoms with Gasteiger partial charge in [-0.15, -0.1) is 0 Å². The van der Waals surface area contributed by atoms with Crippen LogP contribution < -0.4 is 11.3 Å². The van der Waals surface area contributed by atoms with Gasteiger partial charge in [-0.25, -0.2) is 14.5 Å². The summed E-state index contributed by atoms with van der Waals surface area (Å²) < 4.78 is 1.49. The van der Waals surface area contributed by atoms with E-state index in [0.29, 0.717) is 24.8 Å². The van der Waals surface area contributed by atoms with Crippen molar-refractivity contribution in [3.63, 3.8) is 0 Å². The van der Waals surface area contributed by atoms with Crippen molar-refractivity contribution >= 4 is 6.03 Å². The zero-order valence-electron chi connectivity index (χ0n) is 14.1. The van der Waals surface area contributed by atoms with Crippen molar-refractivity contribution in [2.24, 2.45) is 11.7 Å². The van der Waals surface area contributed by atoms with Gasteiger partial charge in [-0.3, -0.25) is 9.89 Å². The lowest BCUT2D eigenvalue weighted by Gasteiger charge is -2.37. The van der Waals surface area contributed by atoms with Crippen LogP contribution in [-0.4, -0.2) is 32.2 Å². The largest absolute Gasteiger partial charge is 0.351 e. The number of aromatic nitrogens is 3. The standard InChI is InChI=1S/C18H23N5O2/c19-18(25)22-10-13(12-6-2-1-3-7-12)16-14(11-22)21-23(17(16)24)15-8-4-5-9-20-15/h4-5,8-9,12-13,21H,1-3,6-7,10-11H2,(H2,19,25). The summed E-state index contributed by atoms with van der Waals surface area (Å²) in [7, 11) is 0. The SMILES string of the molecule is NC(=O)N1Cc2[nH]n(-c3ccccn3)c(=O)c2C(C2CCCCC2)C1. The highest BCUT2D eigenvalue weighted by atomic mass is 16.2. The Bertz CT molecular complexity index is 820. The highest BCUT2D eigenvalue weighted by molar-refractivity contribution is 5.72. The summed E-state index contributed by atoms with van der Waals surface area (Å²) in [4.78, 5) is 30.8. The second kappa shape index (κ2) is 6.38. The first-order valence-corrected chi connectivity index (χ1v) is 8.94. The van der Waals surface area contributed by atoms with Crippen LogP contribution in [0.15, 0.2) is 29.2 Å². The molecule has 3 N–H and O–H groups in total. The number of fused-ring (bicyclic) bond motifs is 1. The molecule has 7 heteroatoms. The highest BCUT2D eigenvalue weighted by Gasteiger charge is 2.37. The molecule has 0 radical (unpaired) electrons. The molecule has 0 spiro atoms. The molecule has 1 aliphatic carbocycles. The van der Waals surface area contributed by atoms with Crippen molar-refractivity contribution in [1.82, 2.24) is 19.7 Å². The third-order valence-electron chi connectivity index (χ3n) is 5.55. The summed E-state index contributed by atoms with van der Waals surface area (Å²) in [5.41, 5.74) is 7.10. The number of aromatic amines is 1. The maximum atomic E-state index is 13.1. The van der Waals surface area contributed by atoms with Crippen molar-refractivity contribution < 1.29 is 4.79 Å². The van der Waals surface area contributed by atoms with E-state index >= 15 is 0 Å². The van der Waals surface area contributed by atoms with Crippen LogP contribution in [0, 0.1) is 5.92 Å². The fourth-order valence-electron chi connectivity index (χ4n) is 4.32. The molecule has 1 fully saturated rings. The monoisotopic (exact) mass is 341 g/mol. The predicted molar refractivity (Wildman–Crippen MR) is 93.5 cm³/mol. The van der Waals surface area contributed by atoms with E-state index in [2.05, 4.69) is 10.1 Å². The van der Waals surface area contributed by atoms with E-state index in [1.54, 1.807) is 17.2 Å². The minimum Gasteiger partial charge on any atom is -0.351 e. The van der Waals surface area contributed by atoms with Crippen LogP contribution in [0.25, 0.3) is 5.82 Å². The number of nitrogens with two attached hydrogens (primary N) is 1. The van der Waals surface area contributed by atoms with Gasteiger partial charge in [0.25, 0.3) is 5.56 Å². The molecule has 132 valence electrons. The molecule has 1 unspecified atom stereocenters. The normalized spacial score (nSPS) is 21.1. The molecule has 1 atom stereocenters. The molecule has 4 rings (SSSR count). The van der Waals surface area contributed by atoms with E-state index in [1.165, 1.54) is 23.9 Å². The number of carbonyl (C=O) groups excluding carboxylic acids is 1. The number of urea groups is 1. The smallest absolute Gasteiger partial charge is 0.315 e. The molecule has 2 aliphatic rings. The fourth-order valence-corrected chi connectivity index (χ4v) is 4.32. The molecule has 2 aromatic rings. The first kappa shape index (κ1) is 15.9. The number of amides is 2. The minimum atomic E-state index is -0.433. The lowest BCUT2D eigenvalue weighted by atomic mass is 9.75. The van der Waals surface area contributed by atoms with Gasteiger partial charge in [-0.1, -0.05) is 25.3 Å². The van der Waals surface area contributed by atoms with Gasteiger partial charge in [0.05, 0.1) is 12.2 Å². The number of primary amides is 1. The average molecular weight is 341 g/mol. The Balaban J connectivity index is 1.79. The van der Waals surface area contributed by atoms with Gasteiger partial charge in [0.15, 0.2) is 5.82 Å². The second-order valence-corrected chi connectivity index (χ2v) is 7.06. The highest BCUT2D eigenvalue weighted by Crippen LogP contribution is 2.39. The van der Waals surface area contributed by atoms with Crippen LogP contribution in [0.3, 0.4) is 0 Å². The lowest BCUT2D eigenvalue weighted by Crippen LogP contribution is -2.44. The maximum Gasteiger partial charge on any atom is 0.315 e. The van der Waals surface area contributed by atoms with E-state index in [-0.39, 0.29) is 11.5 Å². The molecule has 0 aromatic carbocycles. The molecular formula is C18H23N5O2. The molecule has 7 nitrogen and oxygen atoms in total. The Morgan fingerprint density at radius 3 is 2.72 bits per heavy atom. The molecular weight excluding hydrogens is 318 g/mol. The lowest BCUT2D eigenvalue weighted by molar-refractivity contribution is 0.176. The van der Waals surface area contributed by atoms with E-state index in [4.69, 9.17) is 5.73 Å².